The Morgan fingerprint density at radius 2 is 0.842 bits per heavy atom. The number of anilines is 4. The number of nitrogens with two attached hydrogens (primary N) is 2. The highest BCUT2D eigenvalue weighted by Gasteiger charge is 2.38. The molecule has 0 spiro atoms. The highest BCUT2D eigenvalue weighted by atomic mass is 16.2. The number of aryl methyl sites for hydroxylation is 4. The molecule has 1 aliphatic carbocycles. The van der Waals surface area contributed by atoms with Crippen molar-refractivity contribution in [3.05, 3.63) is 71.8 Å². The Morgan fingerprint density at radius 3 is 1.16 bits per heavy atom. The topological polar surface area (TPSA) is 294 Å². The van der Waals surface area contributed by atoms with E-state index in [1.54, 1.807) is 71.2 Å². The number of aromatic nitrogens is 4. The van der Waals surface area contributed by atoms with Gasteiger partial charge in [-0.1, -0.05) is 6.42 Å². The molecule has 4 heterocycles. The minimum atomic E-state index is -0.634. The number of nitrogens with zero attached hydrogens (tertiary/aromatic N) is 4. The second kappa shape index (κ2) is 17.6. The molecule has 1 fully saturated rings. The lowest BCUT2D eigenvalue weighted by Crippen LogP contribution is -2.33. The molecule has 6 amide bonds. The van der Waals surface area contributed by atoms with Crippen molar-refractivity contribution in [2.75, 3.05) is 34.4 Å². The molecule has 20 nitrogen and oxygen atoms in total. The van der Waals surface area contributed by atoms with Gasteiger partial charge in [0.2, 0.25) is 11.8 Å². The van der Waals surface area contributed by atoms with E-state index in [1.807, 2.05) is 0 Å². The minimum Gasteiger partial charge on any atom is -0.388 e. The van der Waals surface area contributed by atoms with Gasteiger partial charge in [-0.15, -0.1) is 0 Å². The van der Waals surface area contributed by atoms with Crippen molar-refractivity contribution in [2.24, 2.45) is 51.5 Å². The van der Waals surface area contributed by atoms with Crippen LogP contribution < -0.4 is 43.4 Å². The van der Waals surface area contributed by atoms with Gasteiger partial charge in [-0.2, -0.15) is 0 Å². The van der Waals surface area contributed by atoms with Gasteiger partial charge >= 0.3 is 0 Å². The third-order valence-corrected chi connectivity index (χ3v) is 9.55. The van der Waals surface area contributed by atoms with Crippen LogP contribution in [0.4, 0.5) is 22.7 Å². The Kier molecular flexibility index (Phi) is 12.6. The van der Waals surface area contributed by atoms with Crippen LogP contribution in [0.5, 0.6) is 0 Å². The van der Waals surface area contributed by atoms with Crippen molar-refractivity contribution >= 4 is 69.9 Å². The van der Waals surface area contributed by atoms with Crippen LogP contribution in [0.15, 0.2) is 49.1 Å². The SMILES string of the molecule is Cn1cc(NC(=O)c2cc(NC(=O)[C@@H]3CCC[C@H]3C(=O)Nc3cc(C(=O)Nc4cc(C(=O)NCCC(=N)N)n(C)c4)n(C)c3)cn2C)cc1C(=O)NCCC(=N)N. The Morgan fingerprint density at radius 1 is 0.544 bits per heavy atom. The molecule has 1 aliphatic rings. The molecule has 0 radical (unpaired) electrons. The first-order chi connectivity index (χ1) is 27.0. The predicted octanol–water partition coefficient (Wildman–Crippen LogP) is 1.65. The third-order valence-electron chi connectivity index (χ3n) is 9.55. The molecule has 0 saturated heterocycles. The quantitative estimate of drug-likeness (QED) is 0.0587. The maximum absolute atomic E-state index is 13.5. The fourth-order valence-corrected chi connectivity index (χ4v) is 6.68. The van der Waals surface area contributed by atoms with Gasteiger partial charge in [0.25, 0.3) is 23.6 Å². The van der Waals surface area contributed by atoms with Crippen molar-refractivity contribution in [3.8, 4) is 0 Å². The molecule has 302 valence electrons. The van der Waals surface area contributed by atoms with Gasteiger partial charge in [0, 0.05) is 90.7 Å². The smallest absolute Gasteiger partial charge is 0.272 e. The summed E-state index contributed by atoms with van der Waals surface area (Å²) in [6.45, 7) is 0.404. The largest absolute Gasteiger partial charge is 0.388 e. The number of carbonyl (C=O) groups is 6. The highest BCUT2D eigenvalue weighted by molar-refractivity contribution is 6.07. The van der Waals surface area contributed by atoms with Gasteiger partial charge in [-0.25, -0.2) is 0 Å². The Labute approximate surface area is 327 Å². The van der Waals surface area contributed by atoms with Crippen molar-refractivity contribution in [2.45, 2.75) is 32.1 Å². The standard InChI is InChI=1S/C37H48N14O6/c1-48-18-22(12-26(48)34(54)42-10-8-30(38)39)46-36(56)28-14-20(16-50(28)3)44-32(52)24-6-5-7-25(24)33(53)45-21-15-29(51(4)17-21)37(57)47-23-13-27(49(2)19-23)35(55)43-11-9-31(40)41/h12-19,24-25H,5-11H2,1-4H3,(H3,38,39)(H3,40,41)(H,42,54)(H,43,55)(H,44,52)(H,45,53)(H,46,56)(H,47,57)/t24-,25-/m1/s1. The first-order valence-electron chi connectivity index (χ1n) is 18.1. The van der Waals surface area contributed by atoms with Crippen LogP contribution in [0.3, 0.4) is 0 Å². The molecule has 2 atom stereocenters. The number of amides is 6. The molecule has 12 N–H and O–H groups in total. The monoisotopic (exact) mass is 784 g/mol. The summed E-state index contributed by atoms with van der Waals surface area (Å²) in [5.74, 6) is -3.80. The summed E-state index contributed by atoms with van der Waals surface area (Å²) >= 11 is 0. The Bertz CT molecular complexity index is 2090. The molecule has 0 aliphatic heterocycles. The molecule has 5 rings (SSSR count). The van der Waals surface area contributed by atoms with Gasteiger partial charge in [0.1, 0.15) is 22.8 Å². The number of rotatable bonds is 16. The van der Waals surface area contributed by atoms with Crippen LogP contribution in [0.1, 0.15) is 74.1 Å². The Balaban J connectivity index is 1.16. The molecule has 4 aromatic rings. The summed E-state index contributed by atoms with van der Waals surface area (Å²) in [6, 6.07) is 6.09. The predicted molar refractivity (Wildman–Crippen MR) is 213 cm³/mol. The number of nitrogens with one attached hydrogen (secondary N) is 8. The summed E-state index contributed by atoms with van der Waals surface area (Å²) in [7, 11) is 6.62. The van der Waals surface area contributed by atoms with Crippen LogP contribution in [0.25, 0.3) is 0 Å². The molecule has 1 saturated carbocycles. The Hall–Kier alpha value is -7.12. The zero-order valence-electron chi connectivity index (χ0n) is 32.1. The van der Waals surface area contributed by atoms with Crippen LogP contribution in [0, 0.1) is 22.7 Å². The zero-order valence-corrected chi connectivity index (χ0v) is 32.1. The van der Waals surface area contributed by atoms with Gasteiger partial charge < -0.3 is 61.6 Å². The molecule has 20 heteroatoms. The van der Waals surface area contributed by atoms with Crippen molar-refractivity contribution in [1.29, 1.82) is 10.8 Å². The fraction of sp³-hybridized carbons (Fsp3) is 0.351. The first-order valence-corrected chi connectivity index (χ1v) is 18.1. The summed E-state index contributed by atoms with van der Waals surface area (Å²) in [5.41, 5.74) is 13.3. The second-order valence-electron chi connectivity index (χ2n) is 14.0. The van der Waals surface area contributed by atoms with Gasteiger partial charge in [0.05, 0.1) is 34.4 Å². The van der Waals surface area contributed by atoms with E-state index in [4.69, 9.17) is 22.3 Å². The molecular formula is C37H48N14O6. The fourth-order valence-electron chi connectivity index (χ4n) is 6.68. The van der Waals surface area contributed by atoms with E-state index in [2.05, 4.69) is 31.9 Å². The molecule has 0 bridgehead atoms. The summed E-state index contributed by atoms with van der Waals surface area (Å²) in [5, 5.41) is 31.2. The molecule has 0 unspecified atom stereocenters. The van der Waals surface area contributed by atoms with E-state index < -0.39 is 23.7 Å². The lowest BCUT2D eigenvalue weighted by atomic mass is 9.94. The van der Waals surface area contributed by atoms with E-state index in [0.717, 1.165) is 0 Å². The van der Waals surface area contributed by atoms with E-state index in [9.17, 15) is 28.8 Å². The number of hydrogen-bond acceptors (Lipinski definition) is 8. The summed E-state index contributed by atoms with van der Waals surface area (Å²) in [4.78, 5) is 78.4. The third kappa shape index (κ3) is 10.1. The summed E-state index contributed by atoms with van der Waals surface area (Å²) < 4.78 is 6.23. The maximum Gasteiger partial charge on any atom is 0.272 e. The average Bonchev–Trinajstić information content (AvgIpc) is 3.96. The minimum absolute atomic E-state index is 0.0427. The second-order valence-corrected chi connectivity index (χ2v) is 14.0. The van der Waals surface area contributed by atoms with E-state index in [1.165, 1.54) is 24.3 Å². The van der Waals surface area contributed by atoms with Gasteiger partial charge in [0.15, 0.2) is 0 Å². The number of hydrogen-bond donors (Lipinski definition) is 10. The van der Waals surface area contributed by atoms with Crippen LogP contribution in [-0.4, -0.2) is 78.5 Å². The zero-order chi connectivity index (χ0) is 41.6. The van der Waals surface area contributed by atoms with E-state index >= 15 is 0 Å². The van der Waals surface area contributed by atoms with Crippen molar-refractivity contribution in [3.63, 3.8) is 0 Å². The molecule has 0 aromatic carbocycles. The van der Waals surface area contributed by atoms with Crippen molar-refractivity contribution in [1.82, 2.24) is 28.9 Å². The van der Waals surface area contributed by atoms with Gasteiger partial charge in [-0.3, -0.25) is 39.6 Å². The summed E-state index contributed by atoms with van der Waals surface area (Å²) in [6.07, 6.45) is 8.41. The number of carbonyl (C=O) groups excluding carboxylic acids is 6. The normalized spacial score (nSPS) is 14.7. The number of amidine groups is 2. The van der Waals surface area contributed by atoms with Crippen LogP contribution >= 0.6 is 0 Å². The molecule has 57 heavy (non-hydrogen) atoms. The highest BCUT2D eigenvalue weighted by Crippen LogP contribution is 2.34. The van der Waals surface area contributed by atoms with Crippen LogP contribution in [0.2, 0.25) is 0 Å². The molecule has 4 aromatic heterocycles. The van der Waals surface area contributed by atoms with E-state index in [-0.39, 0.29) is 72.6 Å². The maximum atomic E-state index is 13.5. The van der Waals surface area contributed by atoms with Crippen LogP contribution in [-0.2, 0) is 37.8 Å². The van der Waals surface area contributed by atoms with Gasteiger partial charge in [-0.05, 0) is 37.1 Å². The average molecular weight is 785 g/mol. The lowest BCUT2D eigenvalue weighted by molar-refractivity contribution is -0.128. The van der Waals surface area contributed by atoms with Crippen molar-refractivity contribution < 1.29 is 28.8 Å². The molecular weight excluding hydrogens is 736 g/mol. The first kappa shape index (κ1) is 41.1. The lowest BCUT2D eigenvalue weighted by Gasteiger charge is -2.18. The van der Waals surface area contributed by atoms with E-state index in [0.29, 0.717) is 53.4 Å².